The summed E-state index contributed by atoms with van der Waals surface area (Å²) in [6.45, 7) is 1.74. The summed E-state index contributed by atoms with van der Waals surface area (Å²) in [5.74, 6) is 1.02. The van der Waals surface area contributed by atoms with Crippen molar-refractivity contribution in [3.63, 3.8) is 0 Å². The molecular formula is C20H18Cl2N2O2. The van der Waals surface area contributed by atoms with Crippen molar-refractivity contribution in [3.8, 4) is 0 Å². The minimum atomic E-state index is -0.145. The number of nitrogens with zero attached hydrogens (tertiary/aromatic N) is 2. The molecule has 1 heterocycles. The molecule has 3 rings (SSSR count). The van der Waals surface area contributed by atoms with Gasteiger partial charge in [0.25, 0.3) is 0 Å². The Morgan fingerprint density at radius 3 is 2.12 bits per heavy atom. The van der Waals surface area contributed by atoms with E-state index in [9.17, 15) is 4.79 Å². The second-order valence-corrected chi connectivity index (χ2v) is 7.12. The number of rotatable bonds is 7. The van der Waals surface area contributed by atoms with E-state index in [0.29, 0.717) is 41.0 Å². The van der Waals surface area contributed by atoms with Gasteiger partial charge in [-0.15, -0.1) is 0 Å². The van der Waals surface area contributed by atoms with Gasteiger partial charge in [-0.2, -0.15) is 4.98 Å². The minimum absolute atomic E-state index is 0.119. The first-order chi connectivity index (χ1) is 12.5. The highest BCUT2D eigenvalue weighted by molar-refractivity contribution is 6.30. The molecule has 0 amide bonds. The van der Waals surface area contributed by atoms with Crippen LogP contribution in [0.1, 0.15) is 35.2 Å². The third kappa shape index (κ3) is 5.16. The number of ketones is 1. The van der Waals surface area contributed by atoms with E-state index < -0.39 is 0 Å². The molecule has 0 bridgehead atoms. The number of Topliss-reactive ketones (excluding diaryl/α,β-unsaturated/α-hetero) is 1. The lowest BCUT2D eigenvalue weighted by Gasteiger charge is -2.13. The van der Waals surface area contributed by atoms with E-state index in [2.05, 4.69) is 10.1 Å². The third-order valence-corrected chi connectivity index (χ3v) is 4.60. The first-order valence-electron chi connectivity index (χ1n) is 8.30. The number of aromatic nitrogens is 2. The van der Waals surface area contributed by atoms with Crippen LogP contribution >= 0.6 is 23.2 Å². The summed E-state index contributed by atoms with van der Waals surface area (Å²) in [4.78, 5) is 16.9. The maximum absolute atomic E-state index is 12.6. The number of aryl methyl sites for hydroxylation is 1. The molecule has 2 aromatic carbocycles. The number of halogens is 2. The van der Waals surface area contributed by atoms with Crippen LogP contribution in [0.15, 0.2) is 53.1 Å². The smallest absolute Gasteiger partial charge is 0.223 e. The minimum Gasteiger partial charge on any atom is -0.340 e. The topological polar surface area (TPSA) is 56.0 Å². The lowest BCUT2D eigenvalue weighted by molar-refractivity contribution is -0.118. The maximum atomic E-state index is 12.6. The Morgan fingerprint density at radius 1 is 1.00 bits per heavy atom. The van der Waals surface area contributed by atoms with Crippen molar-refractivity contribution in [1.82, 2.24) is 10.1 Å². The second kappa shape index (κ2) is 8.47. The molecule has 0 aliphatic heterocycles. The summed E-state index contributed by atoms with van der Waals surface area (Å²) in [6, 6.07) is 14.9. The Bertz CT molecular complexity index is 874. The van der Waals surface area contributed by atoms with Crippen molar-refractivity contribution in [2.24, 2.45) is 0 Å². The lowest BCUT2D eigenvalue weighted by Crippen LogP contribution is -2.13. The molecule has 134 valence electrons. The molecular weight excluding hydrogens is 371 g/mol. The van der Waals surface area contributed by atoms with Gasteiger partial charge in [0, 0.05) is 35.7 Å². The molecule has 4 nitrogen and oxygen atoms in total. The van der Waals surface area contributed by atoms with E-state index in [1.165, 1.54) is 0 Å². The molecule has 0 saturated carbocycles. The first-order valence-corrected chi connectivity index (χ1v) is 9.06. The maximum Gasteiger partial charge on any atom is 0.223 e. The van der Waals surface area contributed by atoms with E-state index in [4.69, 9.17) is 27.7 Å². The van der Waals surface area contributed by atoms with E-state index in [-0.39, 0.29) is 11.7 Å². The Labute approximate surface area is 162 Å². The highest BCUT2D eigenvalue weighted by atomic mass is 35.5. The average molecular weight is 389 g/mol. The van der Waals surface area contributed by atoms with Crippen LogP contribution in [-0.2, 0) is 17.6 Å². The molecule has 0 unspecified atom stereocenters. The van der Waals surface area contributed by atoms with Crippen LogP contribution in [-0.4, -0.2) is 15.9 Å². The number of carbonyl (C=O) groups excluding carboxylic acids is 1. The standard InChI is InChI=1S/C20H18Cl2N2O2/c1-13-23-20(24-26-13)16(10-14-2-6-17(21)7-3-14)12-19(25)11-15-4-8-18(22)9-5-15/h2-9,16H,10-12H2,1H3/t16-/m1/s1. The van der Waals surface area contributed by atoms with Gasteiger partial charge < -0.3 is 4.52 Å². The van der Waals surface area contributed by atoms with Crippen molar-refractivity contribution in [1.29, 1.82) is 0 Å². The Balaban J connectivity index is 1.73. The number of hydrogen-bond donors (Lipinski definition) is 0. The van der Waals surface area contributed by atoms with Crippen LogP contribution in [0, 0.1) is 6.92 Å². The van der Waals surface area contributed by atoms with Gasteiger partial charge in [-0.1, -0.05) is 52.6 Å². The molecule has 1 aromatic heterocycles. The number of hydrogen-bond acceptors (Lipinski definition) is 4. The van der Waals surface area contributed by atoms with Gasteiger partial charge in [0.1, 0.15) is 5.78 Å². The summed E-state index contributed by atoms with van der Waals surface area (Å²) in [5, 5.41) is 5.36. The average Bonchev–Trinajstić information content (AvgIpc) is 3.05. The molecule has 0 radical (unpaired) electrons. The molecule has 0 aliphatic rings. The molecule has 0 fully saturated rings. The molecule has 0 aliphatic carbocycles. The van der Waals surface area contributed by atoms with Gasteiger partial charge in [0.05, 0.1) is 0 Å². The van der Waals surface area contributed by atoms with E-state index in [1.807, 2.05) is 36.4 Å². The van der Waals surface area contributed by atoms with Crippen LogP contribution in [0.25, 0.3) is 0 Å². The second-order valence-electron chi connectivity index (χ2n) is 6.25. The van der Waals surface area contributed by atoms with E-state index in [1.54, 1.807) is 19.1 Å². The van der Waals surface area contributed by atoms with Crippen molar-refractivity contribution in [2.45, 2.75) is 32.1 Å². The Kier molecular flexibility index (Phi) is 6.07. The summed E-state index contributed by atoms with van der Waals surface area (Å²) in [5.41, 5.74) is 2.01. The fourth-order valence-corrected chi connectivity index (χ4v) is 3.07. The molecule has 0 saturated heterocycles. The number of benzene rings is 2. The van der Waals surface area contributed by atoms with Gasteiger partial charge in [0.15, 0.2) is 5.82 Å². The van der Waals surface area contributed by atoms with Gasteiger partial charge >= 0.3 is 0 Å². The first kappa shape index (κ1) is 18.6. The molecule has 1 atom stereocenters. The normalized spacial score (nSPS) is 12.1. The summed E-state index contributed by atoms with van der Waals surface area (Å²) in [7, 11) is 0. The third-order valence-electron chi connectivity index (χ3n) is 4.09. The fraction of sp³-hybridized carbons (Fsp3) is 0.250. The van der Waals surface area contributed by atoms with Crippen molar-refractivity contribution < 1.29 is 9.32 Å². The van der Waals surface area contributed by atoms with Gasteiger partial charge in [-0.05, 0) is 41.8 Å². The Hall–Kier alpha value is -2.17. The highest BCUT2D eigenvalue weighted by Crippen LogP contribution is 2.24. The van der Waals surface area contributed by atoms with Crippen LogP contribution in [0.4, 0.5) is 0 Å². The zero-order valence-corrected chi connectivity index (χ0v) is 15.8. The summed E-state index contributed by atoms with van der Waals surface area (Å²) in [6.07, 6.45) is 1.33. The molecule has 3 aromatic rings. The van der Waals surface area contributed by atoms with Crippen molar-refractivity contribution in [3.05, 3.63) is 81.4 Å². The summed E-state index contributed by atoms with van der Waals surface area (Å²) < 4.78 is 5.11. The van der Waals surface area contributed by atoms with Crippen LogP contribution in [0.5, 0.6) is 0 Å². The number of carbonyl (C=O) groups is 1. The lowest BCUT2D eigenvalue weighted by atomic mass is 9.91. The van der Waals surface area contributed by atoms with Crippen molar-refractivity contribution >= 4 is 29.0 Å². The van der Waals surface area contributed by atoms with Crippen molar-refractivity contribution in [2.75, 3.05) is 0 Å². The molecule has 0 N–H and O–H groups in total. The summed E-state index contributed by atoms with van der Waals surface area (Å²) >= 11 is 11.8. The fourth-order valence-electron chi connectivity index (χ4n) is 2.82. The zero-order chi connectivity index (χ0) is 18.5. The zero-order valence-electron chi connectivity index (χ0n) is 14.3. The highest BCUT2D eigenvalue weighted by Gasteiger charge is 2.22. The molecule has 26 heavy (non-hydrogen) atoms. The van der Waals surface area contributed by atoms with Gasteiger partial charge in [0.2, 0.25) is 5.89 Å². The predicted octanol–water partition coefficient (Wildman–Crippen LogP) is 5.21. The quantitative estimate of drug-likeness (QED) is 0.557. The molecule has 6 heteroatoms. The van der Waals surface area contributed by atoms with Crippen LogP contribution in [0.3, 0.4) is 0 Å². The molecule has 0 spiro atoms. The van der Waals surface area contributed by atoms with Gasteiger partial charge in [-0.25, -0.2) is 0 Å². The van der Waals surface area contributed by atoms with Crippen LogP contribution < -0.4 is 0 Å². The van der Waals surface area contributed by atoms with E-state index in [0.717, 1.165) is 11.1 Å². The van der Waals surface area contributed by atoms with E-state index >= 15 is 0 Å². The van der Waals surface area contributed by atoms with Crippen LogP contribution in [0.2, 0.25) is 10.0 Å². The Morgan fingerprint density at radius 2 is 1.58 bits per heavy atom. The monoisotopic (exact) mass is 388 g/mol. The SMILES string of the molecule is Cc1nc([C@@H](CC(=O)Cc2ccc(Cl)cc2)Cc2ccc(Cl)cc2)no1. The largest absolute Gasteiger partial charge is 0.340 e. The van der Waals surface area contributed by atoms with Gasteiger partial charge in [-0.3, -0.25) is 4.79 Å². The predicted molar refractivity (Wildman–Crippen MR) is 102 cm³/mol.